The molecular weight excluding hydrogens is 258 g/mol. The number of hydrogen-bond donors (Lipinski definition) is 1. The summed E-state index contributed by atoms with van der Waals surface area (Å²) in [6, 6.07) is 13.5. The van der Waals surface area contributed by atoms with E-state index in [0.29, 0.717) is 5.02 Å². The normalized spacial score (nSPS) is 12.3. The molecule has 0 saturated heterocycles. The molecule has 0 spiro atoms. The zero-order valence-electron chi connectivity index (χ0n) is 11.4. The monoisotopic (exact) mass is 275 g/mol. The summed E-state index contributed by atoms with van der Waals surface area (Å²) in [5.41, 5.74) is 3.80. The first kappa shape index (κ1) is 13.9. The maximum atomic E-state index is 10.4. The minimum Gasteiger partial charge on any atom is -0.384 e. The van der Waals surface area contributed by atoms with Crippen LogP contribution in [0.5, 0.6) is 0 Å². The van der Waals surface area contributed by atoms with E-state index < -0.39 is 6.10 Å². The third-order valence-electron chi connectivity index (χ3n) is 3.24. The van der Waals surface area contributed by atoms with Crippen LogP contribution in [0.1, 0.15) is 22.8 Å². The predicted octanol–water partition coefficient (Wildman–Crippen LogP) is 3.80. The average molecular weight is 276 g/mol. The second kappa shape index (κ2) is 5.64. The highest BCUT2D eigenvalue weighted by atomic mass is 35.5. The number of benzene rings is 2. The highest BCUT2D eigenvalue weighted by Gasteiger charge is 2.11. The first-order valence-corrected chi connectivity index (χ1v) is 6.58. The number of nitrogens with zero attached hydrogens (tertiary/aromatic N) is 1. The third-order valence-corrected chi connectivity index (χ3v) is 3.64. The van der Waals surface area contributed by atoms with Crippen LogP contribution in [0.25, 0.3) is 0 Å². The van der Waals surface area contributed by atoms with Crippen molar-refractivity contribution in [3.8, 4) is 0 Å². The maximum Gasteiger partial charge on any atom is 0.104 e. The van der Waals surface area contributed by atoms with Gasteiger partial charge in [-0.15, -0.1) is 0 Å². The fourth-order valence-corrected chi connectivity index (χ4v) is 2.12. The lowest BCUT2D eigenvalue weighted by atomic mass is 10.0. The summed E-state index contributed by atoms with van der Waals surface area (Å²) in [7, 11) is 3.98. The molecule has 1 unspecified atom stereocenters. The van der Waals surface area contributed by atoms with Crippen LogP contribution in [-0.2, 0) is 0 Å². The van der Waals surface area contributed by atoms with Crippen molar-refractivity contribution in [2.45, 2.75) is 13.0 Å². The minimum atomic E-state index is -0.644. The Bertz CT molecular complexity index is 563. The Morgan fingerprint density at radius 2 is 1.58 bits per heavy atom. The number of halogens is 1. The molecule has 0 bridgehead atoms. The van der Waals surface area contributed by atoms with Crippen molar-refractivity contribution in [1.29, 1.82) is 0 Å². The van der Waals surface area contributed by atoms with Crippen LogP contribution in [0.15, 0.2) is 42.5 Å². The molecule has 0 aliphatic heterocycles. The fourth-order valence-electron chi connectivity index (χ4n) is 1.93. The Labute approximate surface area is 119 Å². The van der Waals surface area contributed by atoms with E-state index in [-0.39, 0.29) is 0 Å². The van der Waals surface area contributed by atoms with Gasteiger partial charge in [0.1, 0.15) is 6.10 Å². The molecule has 100 valence electrons. The van der Waals surface area contributed by atoms with Crippen LogP contribution in [0.3, 0.4) is 0 Å². The van der Waals surface area contributed by atoms with E-state index in [4.69, 9.17) is 11.6 Å². The first-order valence-electron chi connectivity index (χ1n) is 6.20. The average Bonchev–Trinajstić information content (AvgIpc) is 2.41. The highest BCUT2D eigenvalue weighted by Crippen LogP contribution is 2.27. The maximum absolute atomic E-state index is 10.4. The Morgan fingerprint density at radius 1 is 1.00 bits per heavy atom. The molecule has 3 heteroatoms. The summed E-state index contributed by atoms with van der Waals surface area (Å²) in [6.45, 7) is 1.95. The van der Waals surface area contributed by atoms with Crippen LogP contribution in [-0.4, -0.2) is 19.2 Å². The number of hydrogen-bond acceptors (Lipinski definition) is 2. The van der Waals surface area contributed by atoms with E-state index in [2.05, 4.69) is 0 Å². The Kier molecular flexibility index (Phi) is 4.13. The minimum absolute atomic E-state index is 0.644. The molecule has 1 atom stereocenters. The molecule has 0 aliphatic rings. The molecule has 0 radical (unpaired) electrons. The number of aliphatic hydroxyl groups excluding tert-OH is 1. The molecule has 19 heavy (non-hydrogen) atoms. The van der Waals surface area contributed by atoms with E-state index in [0.717, 1.165) is 22.4 Å². The van der Waals surface area contributed by atoms with Crippen molar-refractivity contribution in [2.75, 3.05) is 19.0 Å². The molecule has 0 heterocycles. The van der Waals surface area contributed by atoms with Crippen molar-refractivity contribution in [3.05, 3.63) is 64.2 Å². The van der Waals surface area contributed by atoms with Crippen molar-refractivity contribution >= 4 is 17.3 Å². The van der Waals surface area contributed by atoms with Gasteiger partial charge in [-0.1, -0.05) is 35.9 Å². The molecule has 0 aliphatic carbocycles. The number of aryl methyl sites for hydroxylation is 1. The van der Waals surface area contributed by atoms with Crippen LogP contribution in [0.4, 0.5) is 5.69 Å². The van der Waals surface area contributed by atoms with Gasteiger partial charge >= 0.3 is 0 Å². The molecule has 2 rings (SSSR count). The first-order chi connectivity index (χ1) is 8.99. The van der Waals surface area contributed by atoms with Gasteiger partial charge in [0.15, 0.2) is 0 Å². The molecule has 2 aromatic carbocycles. The Morgan fingerprint density at radius 3 is 2.11 bits per heavy atom. The SMILES string of the molecule is Cc1ccc(C(O)c2ccc(N(C)C)cc2)cc1Cl. The van der Waals surface area contributed by atoms with Crippen LogP contribution < -0.4 is 4.90 Å². The molecule has 0 amide bonds. The topological polar surface area (TPSA) is 23.5 Å². The van der Waals surface area contributed by atoms with E-state index in [1.807, 2.05) is 68.4 Å². The van der Waals surface area contributed by atoms with Crippen LogP contribution in [0, 0.1) is 6.92 Å². The van der Waals surface area contributed by atoms with Gasteiger partial charge < -0.3 is 10.0 Å². The standard InChI is InChI=1S/C16H18ClNO/c1-11-4-5-13(10-15(11)17)16(19)12-6-8-14(9-7-12)18(2)3/h4-10,16,19H,1-3H3. The summed E-state index contributed by atoms with van der Waals surface area (Å²) in [5, 5.41) is 11.0. The van der Waals surface area contributed by atoms with Crippen molar-refractivity contribution in [2.24, 2.45) is 0 Å². The number of anilines is 1. The lowest BCUT2D eigenvalue weighted by Crippen LogP contribution is -2.08. The van der Waals surface area contributed by atoms with E-state index in [1.165, 1.54) is 0 Å². The Balaban J connectivity index is 2.27. The lowest BCUT2D eigenvalue weighted by Gasteiger charge is -2.16. The lowest BCUT2D eigenvalue weighted by molar-refractivity contribution is 0.220. The zero-order valence-corrected chi connectivity index (χ0v) is 12.1. The van der Waals surface area contributed by atoms with Crippen LogP contribution >= 0.6 is 11.6 Å². The quantitative estimate of drug-likeness (QED) is 0.921. The molecule has 0 aromatic heterocycles. The molecule has 1 N–H and O–H groups in total. The van der Waals surface area contributed by atoms with Crippen molar-refractivity contribution in [3.63, 3.8) is 0 Å². The van der Waals surface area contributed by atoms with Gasteiger partial charge in [-0.3, -0.25) is 0 Å². The van der Waals surface area contributed by atoms with Gasteiger partial charge in [0.05, 0.1) is 0 Å². The molecule has 0 fully saturated rings. The second-order valence-corrected chi connectivity index (χ2v) is 5.30. The van der Waals surface area contributed by atoms with Crippen LogP contribution in [0.2, 0.25) is 5.02 Å². The third kappa shape index (κ3) is 3.09. The molecule has 0 saturated carbocycles. The summed E-state index contributed by atoms with van der Waals surface area (Å²) in [5.74, 6) is 0. The Hall–Kier alpha value is -1.51. The van der Waals surface area contributed by atoms with Gasteiger partial charge in [-0.2, -0.15) is 0 Å². The number of aliphatic hydroxyl groups is 1. The summed E-state index contributed by atoms with van der Waals surface area (Å²) < 4.78 is 0. The molecule has 2 aromatic rings. The van der Waals surface area contributed by atoms with E-state index in [1.54, 1.807) is 0 Å². The van der Waals surface area contributed by atoms with Gasteiger partial charge in [0.25, 0.3) is 0 Å². The van der Waals surface area contributed by atoms with Gasteiger partial charge in [-0.25, -0.2) is 0 Å². The molecule has 2 nitrogen and oxygen atoms in total. The summed E-state index contributed by atoms with van der Waals surface area (Å²) in [4.78, 5) is 2.03. The van der Waals surface area contributed by atoms with Crippen molar-refractivity contribution < 1.29 is 5.11 Å². The van der Waals surface area contributed by atoms with E-state index in [9.17, 15) is 5.11 Å². The second-order valence-electron chi connectivity index (χ2n) is 4.90. The molecular formula is C16H18ClNO. The van der Waals surface area contributed by atoms with E-state index >= 15 is 0 Å². The zero-order chi connectivity index (χ0) is 14.0. The predicted molar refractivity (Wildman–Crippen MR) is 81.0 cm³/mol. The smallest absolute Gasteiger partial charge is 0.104 e. The summed E-state index contributed by atoms with van der Waals surface area (Å²) in [6.07, 6.45) is -0.644. The van der Waals surface area contributed by atoms with Gasteiger partial charge in [0.2, 0.25) is 0 Å². The largest absolute Gasteiger partial charge is 0.384 e. The van der Waals surface area contributed by atoms with Gasteiger partial charge in [0, 0.05) is 24.8 Å². The summed E-state index contributed by atoms with van der Waals surface area (Å²) >= 11 is 6.09. The van der Waals surface area contributed by atoms with Gasteiger partial charge in [-0.05, 0) is 41.8 Å². The van der Waals surface area contributed by atoms with Crippen molar-refractivity contribution in [1.82, 2.24) is 0 Å². The number of rotatable bonds is 3. The highest BCUT2D eigenvalue weighted by molar-refractivity contribution is 6.31. The fraction of sp³-hybridized carbons (Fsp3) is 0.250.